The molecule has 0 amide bonds. The van der Waals surface area contributed by atoms with Crippen LogP contribution >= 0.6 is 0 Å². The van der Waals surface area contributed by atoms with E-state index >= 15 is 0 Å². The molecule has 0 aromatic rings. The molecule has 6 heteroatoms. The fourth-order valence-corrected chi connectivity index (χ4v) is 0. The Bertz CT molecular complexity index is 136. The molecule has 1 unspecified atom stereocenters. The molecule has 2 N–H and O–H groups in total. The first-order chi connectivity index (χ1) is 2.94. The third-order valence-corrected chi connectivity index (χ3v) is 1.29. The van der Waals surface area contributed by atoms with E-state index in [0.29, 0.717) is 0 Å². The topological polar surface area (TPSA) is 74.6 Å². The van der Waals surface area contributed by atoms with E-state index in [-0.39, 0.29) is 19.5 Å². The van der Waals surface area contributed by atoms with E-state index in [0.717, 1.165) is 6.92 Å². The minimum Gasteiger partial charge on any atom is -0.375 e. The number of aliphatic hydroxyl groups is 1. The molecule has 4 nitrogen and oxygen atoms in total. The van der Waals surface area contributed by atoms with Crippen LogP contribution in [-0.2, 0) is 29.6 Å². The summed E-state index contributed by atoms with van der Waals surface area (Å²) in [5, 5.41) is 8.05. The van der Waals surface area contributed by atoms with Crippen LogP contribution < -0.4 is 0 Å². The van der Waals surface area contributed by atoms with Gasteiger partial charge in [0.1, 0.15) is 0 Å². The van der Waals surface area contributed by atoms with Gasteiger partial charge in [-0.25, -0.2) is 0 Å². The predicted octanol–water partition coefficient (Wildman–Crippen LogP) is -0.790. The summed E-state index contributed by atoms with van der Waals surface area (Å²) < 4.78 is 27.1. The number of hydrogen-bond acceptors (Lipinski definition) is 3. The smallest absolute Gasteiger partial charge is 0.291 e. The maximum Gasteiger partial charge on any atom is 0.291 e. The van der Waals surface area contributed by atoms with E-state index in [1.807, 2.05) is 0 Å². The average molecular weight is 192 g/mol. The quantitative estimate of drug-likeness (QED) is 0.421. The molecule has 0 saturated heterocycles. The zero-order valence-corrected chi connectivity index (χ0v) is 8.19. The van der Waals surface area contributed by atoms with Gasteiger partial charge < -0.3 is 5.11 Å². The van der Waals surface area contributed by atoms with E-state index in [2.05, 4.69) is 0 Å². The summed E-state index contributed by atoms with van der Waals surface area (Å²) >= 11 is 0. The molecule has 46 valence electrons. The van der Waals surface area contributed by atoms with Crippen LogP contribution in [0.3, 0.4) is 0 Å². The van der Waals surface area contributed by atoms with E-state index in [1.54, 1.807) is 0 Å². The SMILES string of the molecule is CC(O)S(=O)(=O)O.[Zn]. The van der Waals surface area contributed by atoms with Gasteiger partial charge in [0.25, 0.3) is 10.1 Å². The Morgan fingerprint density at radius 1 is 1.50 bits per heavy atom. The summed E-state index contributed by atoms with van der Waals surface area (Å²) in [5.41, 5.74) is -1.67. The van der Waals surface area contributed by atoms with Gasteiger partial charge in [0.15, 0.2) is 5.44 Å². The Morgan fingerprint density at radius 2 is 1.62 bits per heavy atom. The molecule has 0 radical (unpaired) electrons. The predicted molar refractivity (Wildman–Crippen MR) is 23.2 cm³/mol. The third-order valence-electron chi connectivity index (χ3n) is 0.431. The van der Waals surface area contributed by atoms with Gasteiger partial charge in [-0.05, 0) is 6.92 Å². The standard InChI is InChI=1S/C2H6O4S.Zn/c1-2(3)7(4,5)6;/h2-3H,1H3,(H,4,5,6);. The van der Waals surface area contributed by atoms with Crippen LogP contribution in [0, 0.1) is 0 Å². The van der Waals surface area contributed by atoms with Gasteiger partial charge in [0.05, 0.1) is 0 Å². The maximum atomic E-state index is 9.64. The molecule has 0 spiro atoms. The van der Waals surface area contributed by atoms with E-state index in [4.69, 9.17) is 9.66 Å². The van der Waals surface area contributed by atoms with Crippen molar-refractivity contribution in [3.05, 3.63) is 0 Å². The summed E-state index contributed by atoms with van der Waals surface area (Å²) in [6.07, 6.45) is 0. The van der Waals surface area contributed by atoms with Crippen LogP contribution in [0.5, 0.6) is 0 Å². The van der Waals surface area contributed by atoms with Crippen molar-refractivity contribution in [1.29, 1.82) is 0 Å². The zero-order chi connectivity index (χ0) is 6.08. The Kier molecular flexibility index (Phi) is 4.96. The van der Waals surface area contributed by atoms with Crippen molar-refractivity contribution in [3.63, 3.8) is 0 Å². The van der Waals surface area contributed by atoms with Crippen LogP contribution in [0.25, 0.3) is 0 Å². The van der Waals surface area contributed by atoms with E-state index in [9.17, 15) is 8.42 Å². The van der Waals surface area contributed by atoms with Gasteiger partial charge in [-0.1, -0.05) is 0 Å². The Morgan fingerprint density at radius 3 is 1.62 bits per heavy atom. The van der Waals surface area contributed by atoms with Gasteiger partial charge in [0, 0.05) is 19.5 Å². The molecule has 0 rings (SSSR count). The second kappa shape index (κ2) is 3.51. The molecule has 0 saturated carbocycles. The van der Waals surface area contributed by atoms with Crippen molar-refractivity contribution in [2.24, 2.45) is 0 Å². The molecule has 0 heterocycles. The first-order valence-corrected chi connectivity index (χ1v) is 3.09. The molecule has 1 atom stereocenters. The Hall–Kier alpha value is 0.493. The van der Waals surface area contributed by atoms with Crippen LogP contribution in [0.4, 0.5) is 0 Å². The number of rotatable bonds is 1. The van der Waals surface area contributed by atoms with Crippen molar-refractivity contribution in [2.75, 3.05) is 0 Å². The minimum atomic E-state index is -4.19. The van der Waals surface area contributed by atoms with Crippen molar-refractivity contribution in [3.8, 4) is 0 Å². The number of hydrogen-bond donors (Lipinski definition) is 2. The van der Waals surface area contributed by atoms with Crippen LogP contribution in [-0.4, -0.2) is 23.5 Å². The van der Waals surface area contributed by atoms with E-state index < -0.39 is 15.6 Å². The van der Waals surface area contributed by atoms with Crippen LogP contribution in [0.15, 0.2) is 0 Å². The summed E-state index contributed by atoms with van der Waals surface area (Å²) in [6.45, 7) is 0.968. The van der Waals surface area contributed by atoms with Gasteiger partial charge in [-0.3, -0.25) is 4.55 Å². The Balaban J connectivity index is 0. The first-order valence-electron chi connectivity index (χ1n) is 1.59. The van der Waals surface area contributed by atoms with Gasteiger partial charge >= 0.3 is 0 Å². The molecule has 0 fully saturated rings. The third kappa shape index (κ3) is 4.65. The van der Waals surface area contributed by atoms with Gasteiger partial charge in [-0.2, -0.15) is 8.42 Å². The second-order valence-electron chi connectivity index (χ2n) is 1.11. The molecular formula is C2H6O4SZn. The maximum absolute atomic E-state index is 9.64. The van der Waals surface area contributed by atoms with Crippen molar-refractivity contribution >= 4 is 10.1 Å². The first kappa shape index (κ1) is 11.3. The summed E-state index contributed by atoms with van der Waals surface area (Å²) in [5.74, 6) is 0. The van der Waals surface area contributed by atoms with Crippen molar-refractivity contribution < 1.29 is 37.6 Å². The fourth-order valence-electron chi connectivity index (χ4n) is 0. The molecule has 0 aromatic heterocycles. The summed E-state index contributed by atoms with van der Waals surface area (Å²) in [7, 11) is -4.19. The molecular weight excluding hydrogens is 185 g/mol. The van der Waals surface area contributed by atoms with Crippen LogP contribution in [0.1, 0.15) is 6.92 Å². The minimum absolute atomic E-state index is 0. The normalized spacial score (nSPS) is 14.4. The second-order valence-corrected chi connectivity index (χ2v) is 2.83. The van der Waals surface area contributed by atoms with Crippen molar-refractivity contribution in [2.45, 2.75) is 12.4 Å². The largest absolute Gasteiger partial charge is 0.375 e. The molecule has 0 aliphatic heterocycles. The summed E-state index contributed by atoms with van der Waals surface area (Å²) in [4.78, 5) is 0. The molecule has 8 heavy (non-hydrogen) atoms. The zero-order valence-electron chi connectivity index (χ0n) is 4.40. The molecule has 0 aliphatic carbocycles. The fraction of sp³-hybridized carbons (Fsp3) is 1.00. The summed E-state index contributed by atoms with van der Waals surface area (Å²) in [6, 6.07) is 0. The monoisotopic (exact) mass is 190 g/mol. The number of aliphatic hydroxyl groups excluding tert-OH is 1. The van der Waals surface area contributed by atoms with Gasteiger partial charge in [-0.15, -0.1) is 0 Å². The Labute approximate surface area is 60.4 Å². The molecule has 0 bridgehead atoms. The van der Waals surface area contributed by atoms with E-state index in [1.165, 1.54) is 0 Å². The molecule has 0 aromatic carbocycles. The molecule has 0 aliphatic rings. The van der Waals surface area contributed by atoms with Crippen molar-refractivity contribution in [1.82, 2.24) is 0 Å². The van der Waals surface area contributed by atoms with Gasteiger partial charge in [0.2, 0.25) is 0 Å². The van der Waals surface area contributed by atoms with Crippen LogP contribution in [0.2, 0.25) is 0 Å². The average Bonchev–Trinajstić information content (AvgIpc) is 1.31.